The number of carbonyl (C=O) groups is 1. The van der Waals surface area contributed by atoms with Gasteiger partial charge in [-0.2, -0.15) is 0 Å². The third-order valence-corrected chi connectivity index (χ3v) is 3.36. The molecular formula is C16H25FN2O3. The number of rotatable bonds is 8. The second-order valence-electron chi connectivity index (χ2n) is 6.03. The van der Waals surface area contributed by atoms with Crippen LogP contribution in [-0.4, -0.2) is 31.4 Å². The number of methoxy groups -OCH3 is 1. The first-order valence-corrected chi connectivity index (χ1v) is 7.32. The molecule has 0 radical (unpaired) electrons. The Morgan fingerprint density at radius 3 is 2.68 bits per heavy atom. The third-order valence-electron chi connectivity index (χ3n) is 3.36. The van der Waals surface area contributed by atoms with Gasteiger partial charge in [-0.1, -0.05) is 13.8 Å². The first-order chi connectivity index (χ1) is 10.4. The Balaban J connectivity index is 2.30. The molecule has 1 aromatic carbocycles. The summed E-state index contributed by atoms with van der Waals surface area (Å²) in [5.74, 6) is 0.0197. The van der Waals surface area contributed by atoms with Gasteiger partial charge in [0.05, 0.1) is 7.11 Å². The highest BCUT2D eigenvalue weighted by atomic mass is 19.1. The summed E-state index contributed by atoms with van der Waals surface area (Å²) in [5, 5.41) is 14.5. The lowest BCUT2D eigenvalue weighted by molar-refractivity contribution is 0.148. The van der Waals surface area contributed by atoms with Crippen LogP contribution in [0.5, 0.6) is 5.75 Å². The van der Waals surface area contributed by atoms with Crippen molar-refractivity contribution in [2.24, 2.45) is 5.41 Å². The molecule has 0 aromatic heterocycles. The van der Waals surface area contributed by atoms with Crippen molar-refractivity contribution < 1.29 is 19.0 Å². The largest absolute Gasteiger partial charge is 0.497 e. The fraction of sp³-hybridized carbons (Fsp3) is 0.562. The molecular weight excluding hydrogens is 287 g/mol. The number of hydrogen-bond donors (Lipinski definition) is 3. The van der Waals surface area contributed by atoms with Gasteiger partial charge in [-0.25, -0.2) is 9.18 Å². The summed E-state index contributed by atoms with van der Waals surface area (Å²) >= 11 is 0. The monoisotopic (exact) mass is 312 g/mol. The van der Waals surface area contributed by atoms with Gasteiger partial charge in [0, 0.05) is 25.8 Å². The van der Waals surface area contributed by atoms with Crippen molar-refractivity contribution in [3.8, 4) is 5.75 Å². The Morgan fingerprint density at radius 1 is 1.32 bits per heavy atom. The minimum atomic E-state index is -0.400. The molecule has 6 heteroatoms. The van der Waals surface area contributed by atoms with E-state index < -0.39 is 5.82 Å². The first kappa shape index (κ1) is 18.2. The molecule has 0 aliphatic rings. The van der Waals surface area contributed by atoms with E-state index in [1.807, 2.05) is 13.8 Å². The summed E-state index contributed by atoms with van der Waals surface area (Å²) in [6, 6.07) is 4.01. The molecule has 3 N–H and O–H groups in total. The molecule has 5 nitrogen and oxygen atoms in total. The van der Waals surface area contributed by atoms with Crippen LogP contribution in [0.3, 0.4) is 0 Å². The highest BCUT2D eigenvalue weighted by Crippen LogP contribution is 2.20. The van der Waals surface area contributed by atoms with E-state index in [0.29, 0.717) is 17.9 Å². The van der Waals surface area contributed by atoms with Gasteiger partial charge in [0.25, 0.3) is 0 Å². The summed E-state index contributed by atoms with van der Waals surface area (Å²) < 4.78 is 18.3. The van der Waals surface area contributed by atoms with Crippen molar-refractivity contribution in [1.82, 2.24) is 10.6 Å². The Labute approximate surface area is 130 Å². The van der Waals surface area contributed by atoms with Crippen LogP contribution in [0, 0.1) is 11.2 Å². The van der Waals surface area contributed by atoms with Crippen LogP contribution in [0.4, 0.5) is 9.18 Å². The second-order valence-corrected chi connectivity index (χ2v) is 6.03. The molecule has 0 spiro atoms. The molecule has 0 fully saturated rings. The number of halogens is 1. The number of urea groups is 1. The van der Waals surface area contributed by atoms with Crippen LogP contribution < -0.4 is 15.4 Å². The maximum absolute atomic E-state index is 13.3. The van der Waals surface area contributed by atoms with E-state index in [0.717, 1.165) is 12.8 Å². The van der Waals surface area contributed by atoms with E-state index in [4.69, 9.17) is 9.84 Å². The van der Waals surface area contributed by atoms with Crippen LogP contribution in [0.2, 0.25) is 0 Å². The Kier molecular flexibility index (Phi) is 7.11. The molecule has 22 heavy (non-hydrogen) atoms. The third kappa shape index (κ3) is 6.76. The minimum Gasteiger partial charge on any atom is -0.497 e. The number of aliphatic hydroxyl groups is 1. The van der Waals surface area contributed by atoms with Gasteiger partial charge in [0.1, 0.15) is 11.6 Å². The maximum atomic E-state index is 13.3. The van der Waals surface area contributed by atoms with Gasteiger partial charge < -0.3 is 20.5 Å². The SMILES string of the molecule is COc1cc(F)cc(CNC(=O)NCCCC(C)(C)CO)c1. The topological polar surface area (TPSA) is 70.6 Å². The van der Waals surface area contributed by atoms with E-state index in [9.17, 15) is 9.18 Å². The zero-order chi connectivity index (χ0) is 16.6. The van der Waals surface area contributed by atoms with Gasteiger partial charge in [-0.3, -0.25) is 0 Å². The fourth-order valence-corrected chi connectivity index (χ4v) is 1.93. The molecule has 1 aromatic rings. The molecule has 0 heterocycles. The van der Waals surface area contributed by atoms with Crippen molar-refractivity contribution in [2.75, 3.05) is 20.3 Å². The van der Waals surface area contributed by atoms with Gasteiger partial charge in [-0.15, -0.1) is 0 Å². The summed E-state index contributed by atoms with van der Waals surface area (Å²) in [6.45, 7) is 4.83. The zero-order valence-corrected chi connectivity index (χ0v) is 13.4. The Bertz CT molecular complexity index is 492. The molecule has 0 saturated carbocycles. The number of ether oxygens (including phenoxy) is 1. The first-order valence-electron chi connectivity index (χ1n) is 7.32. The van der Waals surface area contributed by atoms with Gasteiger partial charge >= 0.3 is 6.03 Å². The average Bonchev–Trinajstić information content (AvgIpc) is 2.49. The molecule has 1 rings (SSSR count). The van der Waals surface area contributed by atoms with E-state index in [2.05, 4.69) is 10.6 Å². The number of benzene rings is 1. The molecule has 0 aliphatic heterocycles. The highest BCUT2D eigenvalue weighted by molar-refractivity contribution is 5.73. The van der Waals surface area contributed by atoms with E-state index in [1.165, 1.54) is 19.2 Å². The molecule has 0 saturated heterocycles. The number of aliphatic hydroxyl groups excluding tert-OH is 1. The van der Waals surface area contributed by atoms with Crippen molar-refractivity contribution in [2.45, 2.75) is 33.2 Å². The molecule has 124 valence electrons. The summed E-state index contributed by atoms with van der Waals surface area (Å²) in [7, 11) is 1.46. The average molecular weight is 312 g/mol. The predicted molar refractivity (Wildman–Crippen MR) is 83.3 cm³/mol. The molecule has 0 aliphatic carbocycles. The molecule has 2 amide bonds. The van der Waals surface area contributed by atoms with Gasteiger partial charge in [-0.05, 0) is 36.0 Å². The Hall–Kier alpha value is -1.82. The number of carbonyl (C=O) groups excluding carboxylic acids is 1. The second kappa shape index (κ2) is 8.58. The van der Waals surface area contributed by atoms with Crippen LogP contribution in [0.1, 0.15) is 32.3 Å². The highest BCUT2D eigenvalue weighted by Gasteiger charge is 2.15. The molecule has 0 unspecified atom stereocenters. The van der Waals surface area contributed by atoms with Crippen molar-refractivity contribution in [3.63, 3.8) is 0 Å². The predicted octanol–water partition coefficient (Wildman–Crippen LogP) is 2.43. The van der Waals surface area contributed by atoms with E-state index >= 15 is 0 Å². The van der Waals surface area contributed by atoms with Crippen molar-refractivity contribution in [1.29, 1.82) is 0 Å². The molecule has 0 bridgehead atoms. The number of nitrogens with one attached hydrogen (secondary N) is 2. The lowest BCUT2D eigenvalue weighted by atomic mass is 9.89. The quantitative estimate of drug-likeness (QED) is 0.646. The lowest BCUT2D eigenvalue weighted by Gasteiger charge is -2.21. The fourth-order valence-electron chi connectivity index (χ4n) is 1.93. The van der Waals surface area contributed by atoms with E-state index in [-0.39, 0.29) is 24.6 Å². The van der Waals surface area contributed by atoms with Crippen LogP contribution in [0.15, 0.2) is 18.2 Å². The standard InChI is InChI=1S/C16H25FN2O3/c1-16(2,11-20)5-4-6-18-15(21)19-10-12-7-13(17)9-14(8-12)22-3/h7-9,20H,4-6,10-11H2,1-3H3,(H2,18,19,21). The zero-order valence-electron chi connectivity index (χ0n) is 13.4. The smallest absolute Gasteiger partial charge is 0.315 e. The summed E-state index contributed by atoms with van der Waals surface area (Å²) in [5.41, 5.74) is 0.504. The van der Waals surface area contributed by atoms with Crippen LogP contribution >= 0.6 is 0 Å². The lowest BCUT2D eigenvalue weighted by Crippen LogP contribution is -2.36. The minimum absolute atomic E-state index is 0.126. The summed E-state index contributed by atoms with van der Waals surface area (Å²) in [4.78, 5) is 11.7. The number of amides is 2. The van der Waals surface area contributed by atoms with Crippen LogP contribution in [-0.2, 0) is 6.54 Å². The van der Waals surface area contributed by atoms with Crippen molar-refractivity contribution >= 4 is 6.03 Å². The van der Waals surface area contributed by atoms with E-state index in [1.54, 1.807) is 6.07 Å². The maximum Gasteiger partial charge on any atom is 0.315 e. The Morgan fingerprint density at radius 2 is 2.05 bits per heavy atom. The van der Waals surface area contributed by atoms with Gasteiger partial charge in [0.2, 0.25) is 0 Å². The van der Waals surface area contributed by atoms with Gasteiger partial charge in [0.15, 0.2) is 0 Å². The molecule has 0 atom stereocenters. The normalized spacial score (nSPS) is 11.1. The summed E-state index contributed by atoms with van der Waals surface area (Å²) in [6.07, 6.45) is 1.61. The number of hydrogen-bond acceptors (Lipinski definition) is 3. The van der Waals surface area contributed by atoms with Crippen molar-refractivity contribution in [3.05, 3.63) is 29.6 Å². The van der Waals surface area contributed by atoms with Crippen LogP contribution in [0.25, 0.3) is 0 Å².